The summed E-state index contributed by atoms with van der Waals surface area (Å²) in [5, 5.41) is 6.94. The summed E-state index contributed by atoms with van der Waals surface area (Å²) in [4.78, 5) is 30.2. The number of rotatable bonds is 5. The number of anilines is 2. The molecule has 0 radical (unpaired) electrons. The van der Waals surface area contributed by atoms with Crippen LogP contribution in [0.15, 0.2) is 83.4 Å². The Morgan fingerprint density at radius 3 is 2.45 bits per heavy atom. The molecule has 0 spiro atoms. The van der Waals surface area contributed by atoms with Crippen LogP contribution in [0, 0.1) is 0 Å². The number of amides is 2. The van der Waals surface area contributed by atoms with E-state index in [9.17, 15) is 9.59 Å². The Balaban J connectivity index is 1.31. The zero-order chi connectivity index (χ0) is 21.2. The molecule has 7 heteroatoms. The topological polar surface area (TPSA) is 88.3 Å². The summed E-state index contributed by atoms with van der Waals surface area (Å²) < 4.78 is 5.43. The highest BCUT2D eigenvalue weighted by Gasteiger charge is 2.25. The van der Waals surface area contributed by atoms with Gasteiger partial charge in [0.25, 0.3) is 11.8 Å². The van der Waals surface area contributed by atoms with Crippen molar-refractivity contribution in [1.82, 2.24) is 10.1 Å². The first kappa shape index (κ1) is 18.7. The molecule has 5 rings (SSSR count). The smallest absolute Gasteiger partial charge is 0.258 e. The van der Waals surface area contributed by atoms with Gasteiger partial charge in [-0.2, -0.15) is 4.98 Å². The molecule has 0 saturated carbocycles. The van der Waals surface area contributed by atoms with Gasteiger partial charge in [0.2, 0.25) is 11.7 Å². The quantitative estimate of drug-likeness (QED) is 0.493. The first-order chi connectivity index (χ1) is 15.2. The molecule has 1 aromatic heterocycles. The molecule has 3 aromatic carbocycles. The maximum atomic E-state index is 12.3. The Morgan fingerprint density at radius 1 is 0.935 bits per heavy atom. The fraction of sp³-hybridized carbons (Fsp3) is 0.0833. The molecule has 31 heavy (non-hydrogen) atoms. The molecule has 1 aliphatic heterocycles. The summed E-state index contributed by atoms with van der Waals surface area (Å²) >= 11 is 0. The molecular formula is C24H18N4O3. The second-order valence-corrected chi connectivity index (χ2v) is 7.17. The monoisotopic (exact) mass is 410 g/mol. The van der Waals surface area contributed by atoms with Crippen LogP contribution in [0.25, 0.3) is 22.8 Å². The van der Waals surface area contributed by atoms with E-state index in [1.165, 1.54) is 0 Å². The number of β-lactam (4-membered cyclic amide) rings is 1. The fourth-order valence-electron chi connectivity index (χ4n) is 3.35. The van der Waals surface area contributed by atoms with E-state index >= 15 is 0 Å². The lowest BCUT2D eigenvalue weighted by molar-refractivity contribution is -0.122. The van der Waals surface area contributed by atoms with Crippen molar-refractivity contribution in [2.45, 2.75) is 6.42 Å². The molecule has 1 aliphatic rings. The lowest BCUT2D eigenvalue weighted by Crippen LogP contribution is -2.43. The molecule has 0 unspecified atom stereocenters. The molecule has 2 heterocycles. The highest BCUT2D eigenvalue weighted by atomic mass is 16.5. The van der Waals surface area contributed by atoms with Gasteiger partial charge < -0.3 is 14.7 Å². The maximum Gasteiger partial charge on any atom is 0.258 e. The molecule has 1 saturated heterocycles. The van der Waals surface area contributed by atoms with Gasteiger partial charge >= 0.3 is 0 Å². The van der Waals surface area contributed by atoms with E-state index in [-0.39, 0.29) is 11.8 Å². The molecule has 0 aliphatic carbocycles. The van der Waals surface area contributed by atoms with Crippen LogP contribution >= 0.6 is 0 Å². The third kappa shape index (κ3) is 3.81. The number of carbonyl (C=O) groups excluding carboxylic acids is 2. The third-order valence-electron chi connectivity index (χ3n) is 5.12. The lowest BCUT2D eigenvalue weighted by Gasteiger charge is -2.30. The number of carbonyl (C=O) groups is 2. The van der Waals surface area contributed by atoms with Crippen LogP contribution in [0.2, 0.25) is 0 Å². The number of aromatic nitrogens is 2. The second-order valence-electron chi connectivity index (χ2n) is 7.17. The van der Waals surface area contributed by atoms with Gasteiger partial charge in [0.1, 0.15) is 0 Å². The van der Waals surface area contributed by atoms with E-state index in [2.05, 4.69) is 15.5 Å². The standard InChI is InChI=1S/C24H18N4O3/c29-21-13-14-28(21)20-8-4-7-18(15-20)22-26-24(31-27-22)17-9-11-19(12-10-17)25-23(30)16-5-2-1-3-6-16/h1-12,15H,13-14H2,(H,25,30). The first-order valence-electron chi connectivity index (χ1n) is 9.89. The van der Waals surface area contributed by atoms with Crippen molar-refractivity contribution in [1.29, 1.82) is 0 Å². The number of benzene rings is 3. The summed E-state index contributed by atoms with van der Waals surface area (Å²) in [5.74, 6) is 0.770. The highest BCUT2D eigenvalue weighted by Crippen LogP contribution is 2.28. The van der Waals surface area contributed by atoms with Gasteiger partial charge in [-0.1, -0.05) is 35.5 Å². The Morgan fingerprint density at radius 2 is 1.74 bits per heavy atom. The number of hydrogen-bond donors (Lipinski definition) is 1. The van der Waals surface area contributed by atoms with E-state index in [1.807, 2.05) is 54.6 Å². The summed E-state index contributed by atoms with van der Waals surface area (Å²) in [7, 11) is 0. The highest BCUT2D eigenvalue weighted by molar-refractivity contribution is 6.04. The minimum Gasteiger partial charge on any atom is -0.334 e. The maximum absolute atomic E-state index is 12.3. The van der Waals surface area contributed by atoms with E-state index in [0.717, 1.165) is 23.4 Å². The lowest BCUT2D eigenvalue weighted by atomic mass is 10.1. The molecule has 7 nitrogen and oxygen atoms in total. The molecule has 4 aromatic rings. The zero-order valence-electron chi connectivity index (χ0n) is 16.5. The summed E-state index contributed by atoms with van der Waals surface area (Å²) in [6.07, 6.45) is 0.582. The van der Waals surface area contributed by atoms with Crippen molar-refractivity contribution >= 4 is 23.2 Å². The van der Waals surface area contributed by atoms with Crippen molar-refractivity contribution < 1.29 is 14.1 Å². The number of nitrogens with zero attached hydrogens (tertiary/aromatic N) is 3. The average molecular weight is 410 g/mol. The Kier molecular flexibility index (Phi) is 4.76. The van der Waals surface area contributed by atoms with Gasteiger partial charge in [0.05, 0.1) is 0 Å². The summed E-state index contributed by atoms with van der Waals surface area (Å²) in [5.41, 5.74) is 3.61. The van der Waals surface area contributed by atoms with Crippen molar-refractivity contribution in [3.63, 3.8) is 0 Å². The van der Waals surface area contributed by atoms with Crippen LogP contribution in [0.3, 0.4) is 0 Å². The average Bonchev–Trinajstić information content (AvgIpc) is 3.30. The molecule has 1 fully saturated rings. The van der Waals surface area contributed by atoms with E-state index < -0.39 is 0 Å². The SMILES string of the molecule is O=C(Nc1ccc(-c2nc(-c3cccc(N4CCC4=O)c3)no2)cc1)c1ccccc1. The Hall–Kier alpha value is -4.26. The minimum atomic E-state index is -0.172. The van der Waals surface area contributed by atoms with E-state index in [0.29, 0.717) is 29.4 Å². The van der Waals surface area contributed by atoms with E-state index in [1.54, 1.807) is 29.2 Å². The third-order valence-corrected chi connectivity index (χ3v) is 5.12. The fourth-order valence-corrected chi connectivity index (χ4v) is 3.35. The van der Waals surface area contributed by atoms with Crippen molar-refractivity contribution in [2.24, 2.45) is 0 Å². The Labute approximate surface area is 178 Å². The first-order valence-corrected chi connectivity index (χ1v) is 9.89. The van der Waals surface area contributed by atoms with Crippen LogP contribution in [-0.4, -0.2) is 28.5 Å². The summed E-state index contributed by atoms with van der Waals surface area (Å²) in [6, 6.07) is 23.8. The summed E-state index contributed by atoms with van der Waals surface area (Å²) in [6.45, 7) is 0.729. The minimum absolute atomic E-state index is 0.116. The predicted molar refractivity (Wildman–Crippen MR) is 117 cm³/mol. The molecule has 0 bridgehead atoms. The van der Waals surface area contributed by atoms with Crippen LogP contribution in [0.5, 0.6) is 0 Å². The van der Waals surface area contributed by atoms with Crippen LogP contribution < -0.4 is 10.2 Å². The normalized spacial score (nSPS) is 13.0. The van der Waals surface area contributed by atoms with Gasteiger partial charge in [-0.25, -0.2) is 0 Å². The molecule has 2 amide bonds. The largest absolute Gasteiger partial charge is 0.334 e. The van der Waals surface area contributed by atoms with Gasteiger partial charge in [0, 0.05) is 41.0 Å². The van der Waals surface area contributed by atoms with E-state index in [4.69, 9.17) is 4.52 Å². The van der Waals surface area contributed by atoms with Crippen LogP contribution in [0.4, 0.5) is 11.4 Å². The Bertz CT molecular complexity index is 1250. The van der Waals surface area contributed by atoms with Crippen LogP contribution in [0.1, 0.15) is 16.8 Å². The predicted octanol–water partition coefficient (Wildman–Crippen LogP) is 4.39. The van der Waals surface area contributed by atoms with Crippen LogP contribution in [-0.2, 0) is 4.79 Å². The van der Waals surface area contributed by atoms with Gasteiger partial charge in [-0.05, 0) is 48.5 Å². The zero-order valence-corrected chi connectivity index (χ0v) is 16.5. The van der Waals surface area contributed by atoms with Gasteiger partial charge in [-0.15, -0.1) is 0 Å². The van der Waals surface area contributed by atoms with Gasteiger partial charge in [-0.3, -0.25) is 9.59 Å². The van der Waals surface area contributed by atoms with Crippen molar-refractivity contribution in [3.8, 4) is 22.8 Å². The molecule has 152 valence electrons. The second kappa shape index (κ2) is 7.87. The van der Waals surface area contributed by atoms with Crippen molar-refractivity contribution in [2.75, 3.05) is 16.8 Å². The number of nitrogens with one attached hydrogen (secondary N) is 1. The molecular weight excluding hydrogens is 392 g/mol. The van der Waals surface area contributed by atoms with Crippen molar-refractivity contribution in [3.05, 3.63) is 84.4 Å². The van der Waals surface area contributed by atoms with Gasteiger partial charge in [0.15, 0.2) is 0 Å². The molecule has 0 atom stereocenters. The number of hydrogen-bond acceptors (Lipinski definition) is 5. The molecule has 1 N–H and O–H groups in total.